The molecule has 40 heavy (non-hydrogen) atoms. The van der Waals surface area contributed by atoms with E-state index in [1.54, 1.807) is 18.0 Å². The molecule has 2 amide bonds. The van der Waals surface area contributed by atoms with Crippen LogP contribution in [0.4, 0.5) is 0 Å². The van der Waals surface area contributed by atoms with E-state index < -0.39 is 44.1 Å². The van der Waals surface area contributed by atoms with Crippen LogP contribution < -0.4 is 15.4 Å². The first-order chi connectivity index (χ1) is 18.6. The fraction of sp³-hybridized carbons (Fsp3) is 0.621. The molecule has 0 spiro atoms. The van der Waals surface area contributed by atoms with Crippen LogP contribution in [0.2, 0.25) is 0 Å². The van der Waals surface area contributed by atoms with Crippen molar-refractivity contribution in [1.82, 2.24) is 20.3 Å². The van der Waals surface area contributed by atoms with E-state index in [0.717, 1.165) is 5.56 Å². The predicted molar refractivity (Wildman–Crippen MR) is 163 cm³/mol. The Labute approximate surface area is 245 Å². The van der Waals surface area contributed by atoms with Crippen molar-refractivity contribution >= 4 is 39.6 Å². The van der Waals surface area contributed by atoms with Crippen LogP contribution >= 0.6 is 12.6 Å². The van der Waals surface area contributed by atoms with Crippen LogP contribution in [0, 0.1) is 5.41 Å². The molecule has 1 aromatic carbocycles. The fourth-order valence-electron chi connectivity index (χ4n) is 5.05. The topological polar surface area (TPSA) is 125 Å². The van der Waals surface area contributed by atoms with Crippen molar-refractivity contribution in [3.63, 3.8) is 0 Å². The second kappa shape index (κ2) is 14.1. The van der Waals surface area contributed by atoms with Crippen LogP contribution in [0.1, 0.15) is 66.4 Å². The first-order valence-corrected chi connectivity index (χ1v) is 15.9. The Morgan fingerprint density at radius 2 is 1.73 bits per heavy atom. The first kappa shape index (κ1) is 34.0. The van der Waals surface area contributed by atoms with Gasteiger partial charge >= 0.3 is 0 Å². The molecule has 1 unspecified atom stereocenters. The second-order valence-electron chi connectivity index (χ2n) is 12.0. The zero-order chi connectivity index (χ0) is 30.3. The van der Waals surface area contributed by atoms with E-state index in [1.807, 2.05) is 65.0 Å². The summed E-state index contributed by atoms with van der Waals surface area (Å²) in [6.45, 7) is 11.7. The predicted octanol–water partition coefficient (Wildman–Crippen LogP) is 2.79. The summed E-state index contributed by atoms with van der Waals surface area (Å²) in [5, 5.41) is 5.14. The molecule has 9 nitrogen and oxygen atoms in total. The number of rotatable bonds is 12. The van der Waals surface area contributed by atoms with Gasteiger partial charge in [0.05, 0.1) is 12.1 Å². The van der Waals surface area contributed by atoms with Crippen LogP contribution in [-0.2, 0) is 29.8 Å². The molecule has 2 rings (SSSR count). The van der Waals surface area contributed by atoms with Gasteiger partial charge in [0.15, 0.2) is 0 Å². The van der Waals surface area contributed by atoms with Gasteiger partial charge in [-0.3, -0.25) is 14.4 Å². The summed E-state index contributed by atoms with van der Waals surface area (Å²) in [5.74, 6) is -0.0581. The molecule has 1 fully saturated rings. The molecular formula is C29H46N4O5S2. The number of likely N-dealkylation sites (tertiary alicyclic amines) is 1. The SMILES string of the molecule is CNC(C(=O)N[C@H](C(=O)N1CCC[C@H]1/C=C(\C)C(=O)S(=O)(=O)NCCCS)C(C)(C)C)C(C)(C)c1ccccc1. The van der Waals surface area contributed by atoms with E-state index in [2.05, 4.69) is 28.0 Å². The normalized spacial score (nSPS) is 18.4. The molecule has 0 saturated carbocycles. The maximum atomic E-state index is 13.9. The molecule has 0 aromatic heterocycles. The molecule has 0 bridgehead atoms. The average molecular weight is 595 g/mol. The highest BCUT2D eigenvalue weighted by Gasteiger charge is 2.43. The van der Waals surface area contributed by atoms with Crippen molar-refractivity contribution in [2.24, 2.45) is 5.41 Å². The Hall–Kier alpha value is -2.21. The molecule has 1 aliphatic rings. The molecular weight excluding hydrogens is 548 g/mol. The summed E-state index contributed by atoms with van der Waals surface area (Å²) < 4.78 is 27.1. The summed E-state index contributed by atoms with van der Waals surface area (Å²) in [7, 11) is -2.45. The average Bonchev–Trinajstić information content (AvgIpc) is 3.34. The minimum atomic E-state index is -4.17. The zero-order valence-electron chi connectivity index (χ0n) is 24.8. The van der Waals surface area contributed by atoms with E-state index in [1.165, 1.54) is 6.92 Å². The summed E-state index contributed by atoms with van der Waals surface area (Å²) in [4.78, 5) is 41.9. The third-order valence-electron chi connectivity index (χ3n) is 7.41. The fourth-order valence-corrected chi connectivity index (χ4v) is 6.25. The molecule has 0 aliphatic carbocycles. The lowest BCUT2D eigenvalue weighted by Crippen LogP contribution is -2.61. The van der Waals surface area contributed by atoms with Crippen molar-refractivity contribution in [1.29, 1.82) is 0 Å². The van der Waals surface area contributed by atoms with E-state index in [-0.39, 0.29) is 23.9 Å². The number of sulfonamides is 1. The standard InChI is InChI=1S/C29H46N4O5S2/c1-20(27(36)40(37,38)31-16-12-18-39)19-22-15-11-17-33(22)26(35)24(28(2,3)4)32-25(34)23(30-7)29(5,6)21-13-9-8-10-14-21/h8-10,13-14,19,22-24,30-31,39H,11-12,15-18H2,1-7H3,(H,32,34)/b20-19+/t22-,23?,24+/m0/s1. The quantitative estimate of drug-likeness (QED) is 0.168. The van der Waals surface area contributed by atoms with Crippen molar-refractivity contribution in [2.75, 3.05) is 25.9 Å². The van der Waals surface area contributed by atoms with Gasteiger partial charge < -0.3 is 15.5 Å². The van der Waals surface area contributed by atoms with E-state index >= 15 is 0 Å². The Kier molecular flexibility index (Phi) is 12.0. The third-order valence-corrected chi connectivity index (χ3v) is 9.12. The maximum absolute atomic E-state index is 13.9. The summed E-state index contributed by atoms with van der Waals surface area (Å²) in [5.41, 5.74) is -0.125. The lowest BCUT2D eigenvalue weighted by atomic mass is 9.76. The van der Waals surface area contributed by atoms with Crippen molar-refractivity contribution < 1.29 is 22.8 Å². The van der Waals surface area contributed by atoms with Gasteiger partial charge in [0.1, 0.15) is 6.04 Å². The van der Waals surface area contributed by atoms with Crippen molar-refractivity contribution in [3.8, 4) is 0 Å². The van der Waals surface area contributed by atoms with Gasteiger partial charge in [0.2, 0.25) is 11.8 Å². The van der Waals surface area contributed by atoms with Gasteiger partial charge in [-0.25, -0.2) is 13.1 Å². The van der Waals surface area contributed by atoms with E-state index in [4.69, 9.17) is 0 Å². The molecule has 3 atom stereocenters. The first-order valence-electron chi connectivity index (χ1n) is 13.7. The zero-order valence-corrected chi connectivity index (χ0v) is 26.5. The number of amides is 2. The molecule has 0 radical (unpaired) electrons. The molecule has 1 aromatic rings. The summed E-state index contributed by atoms with van der Waals surface area (Å²) in [6.07, 6.45) is 3.35. The van der Waals surface area contributed by atoms with Gasteiger partial charge in [-0.05, 0) is 50.0 Å². The van der Waals surface area contributed by atoms with Crippen LogP contribution in [0.3, 0.4) is 0 Å². The van der Waals surface area contributed by atoms with Crippen LogP contribution in [0.5, 0.6) is 0 Å². The van der Waals surface area contributed by atoms with Crippen molar-refractivity contribution in [3.05, 3.63) is 47.5 Å². The van der Waals surface area contributed by atoms with Gasteiger partial charge in [-0.15, -0.1) is 0 Å². The number of benzene rings is 1. The number of carbonyl (C=O) groups is 3. The highest BCUT2D eigenvalue weighted by molar-refractivity contribution is 8.04. The molecule has 1 saturated heterocycles. The minimum Gasteiger partial charge on any atom is -0.342 e. The lowest BCUT2D eigenvalue weighted by molar-refractivity contribution is -0.140. The second-order valence-corrected chi connectivity index (χ2v) is 14.1. The van der Waals surface area contributed by atoms with E-state index in [0.29, 0.717) is 31.6 Å². The van der Waals surface area contributed by atoms with Gasteiger partial charge in [0, 0.05) is 24.1 Å². The summed E-state index contributed by atoms with van der Waals surface area (Å²) in [6, 6.07) is 7.85. The lowest BCUT2D eigenvalue weighted by Gasteiger charge is -2.39. The molecule has 11 heteroatoms. The van der Waals surface area contributed by atoms with Crippen LogP contribution in [0.25, 0.3) is 0 Å². The maximum Gasteiger partial charge on any atom is 0.287 e. The largest absolute Gasteiger partial charge is 0.342 e. The number of thiol groups is 1. The van der Waals surface area contributed by atoms with Crippen LogP contribution in [-0.4, -0.2) is 74.3 Å². The Morgan fingerprint density at radius 3 is 2.27 bits per heavy atom. The highest BCUT2D eigenvalue weighted by atomic mass is 32.2. The summed E-state index contributed by atoms with van der Waals surface area (Å²) >= 11 is 4.06. The molecule has 224 valence electrons. The van der Waals surface area contributed by atoms with Crippen molar-refractivity contribution in [2.45, 2.75) is 84.3 Å². The Morgan fingerprint density at radius 1 is 1.10 bits per heavy atom. The Bertz CT molecular complexity index is 1180. The smallest absolute Gasteiger partial charge is 0.287 e. The molecule has 1 aliphatic heterocycles. The highest BCUT2D eigenvalue weighted by Crippen LogP contribution is 2.30. The molecule has 1 heterocycles. The third kappa shape index (κ3) is 8.41. The molecule has 3 N–H and O–H groups in total. The monoisotopic (exact) mass is 594 g/mol. The number of carbonyl (C=O) groups excluding carboxylic acids is 3. The van der Waals surface area contributed by atoms with E-state index in [9.17, 15) is 22.8 Å². The van der Waals surface area contributed by atoms with Gasteiger partial charge in [0.25, 0.3) is 15.1 Å². The minimum absolute atomic E-state index is 0.0549. The number of hydrogen-bond donors (Lipinski definition) is 4. The number of nitrogens with zero attached hydrogens (tertiary/aromatic N) is 1. The van der Waals surface area contributed by atoms with Gasteiger partial charge in [-0.1, -0.05) is 71.0 Å². The number of hydrogen-bond acceptors (Lipinski definition) is 7. The van der Waals surface area contributed by atoms with Crippen LogP contribution in [0.15, 0.2) is 42.0 Å². The number of likely N-dealkylation sites (N-methyl/N-ethyl adjacent to an activating group) is 1. The number of nitrogens with one attached hydrogen (secondary N) is 3. The van der Waals surface area contributed by atoms with Gasteiger partial charge in [-0.2, -0.15) is 12.6 Å². The Balaban J connectivity index is 2.28.